The fraction of sp³-hybridized carbons (Fsp3) is 0.296. The van der Waals surface area contributed by atoms with E-state index >= 15 is 0 Å². The number of amides is 2. The van der Waals surface area contributed by atoms with Gasteiger partial charge in [-0.05, 0) is 48.2 Å². The summed E-state index contributed by atoms with van der Waals surface area (Å²) in [6.45, 7) is 4.41. The van der Waals surface area contributed by atoms with Crippen LogP contribution in [0.25, 0.3) is 10.1 Å². The Hall–Kier alpha value is -4.07. The normalized spacial score (nSPS) is 24.7. The first-order chi connectivity index (χ1) is 18.9. The molecule has 2 amide bonds. The Bertz CT molecular complexity index is 1620. The lowest BCUT2D eigenvalue weighted by atomic mass is 9.70. The van der Waals surface area contributed by atoms with Crippen LogP contribution in [0.3, 0.4) is 0 Å². The number of rotatable bonds is 4. The summed E-state index contributed by atoms with van der Waals surface area (Å²) < 4.78 is 36.9. The number of benzene rings is 2. The molecule has 3 heterocycles. The monoisotopic (exact) mass is 569 g/mol. The molecule has 7 N–H and O–H groups in total. The summed E-state index contributed by atoms with van der Waals surface area (Å²) in [5, 5.41) is 3.44. The average Bonchev–Trinajstić information content (AvgIpc) is 3.48. The van der Waals surface area contributed by atoms with Gasteiger partial charge in [-0.15, -0.1) is 20.1 Å². The molecular formula is C27H25F2N5O5S. The Labute approximate surface area is 230 Å². The number of anilines is 1. The third kappa shape index (κ3) is 3.84. The van der Waals surface area contributed by atoms with Crippen LogP contribution in [-0.4, -0.2) is 47.9 Å². The van der Waals surface area contributed by atoms with Crippen LogP contribution >= 0.6 is 11.3 Å². The maximum atomic E-state index is 13.9. The highest BCUT2D eigenvalue weighted by Crippen LogP contribution is 2.51. The number of carbonyl (C=O) groups is 3. The lowest BCUT2D eigenvalue weighted by Crippen LogP contribution is -2.53. The number of piperidine rings is 1. The van der Waals surface area contributed by atoms with Gasteiger partial charge in [-0.25, -0.2) is 0 Å². The highest BCUT2D eigenvalue weighted by atomic mass is 32.1. The molecule has 2 aliphatic heterocycles. The second kappa shape index (κ2) is 8.98. The summed E-state index contributed by atoms with van der Waals surface area (Å²) in [4.78, 5) is 41.4. The number of fused-ring (bicyclic) bond motifs is 1. The van der Waals surface area contributed by atoms with Crippen molar-refractivity contribution < 1.29 is 32.6 Å². The Morgan fingerprint density at radius 3 is 2.70 bits per heavy atom. The zero-order valence-electron chi connectivity index (χ0n) is 21.0. The number of Topliss-reactive ketones (excluding diaryl/α,β-unsaturated/α-hetero) is 1. The Morgan fingerprint density at radius 2 is 1.95 bits per heavy atom. The van der Waals surface area contributed by atoms with Crippen LogP contribution in [0.5, 0.6) is 11.5 Å². The quantitative estimate of drug-likeness (QED) is 0.275. The van der Waals surface area contributed by atoms with Gasteiger partial charge in [0.1, 0.15) is 5.54 Å². The van der Waals surface area contributed by atoms with E-state index in [-0.39, 0.29) is 33.9 Å². The van der Waals surface area contributed by atoms with Crippen LogP contribution in [0.2, 0.25) is 0 Å². The van der Waals surface area contributed by atoms with E-state index in [0.29, 0.717) is 52.8 Å². The number of ketones is 1. The molecule has 208 valence electrons. The standard InChI is InChI=1S/C27H25F2N5O5S/c1-2-18(35)34-9-3-4-13(11-34)33-25(37)23-20-19-14(6-7-15(30)22(19)40-23)26(32,24(36)21(20)31)12-5-8-16-17(10-12)39-27(28,29)38-16/h2,5-8,10,13,21H,1,3-4,9,11,30-32H2,(H,33,37). The van der Waals surface area contributed by atoms with E-state index in [9.17, 15) is 23.2 Å². The van der Waals surface area contributed by atoms with E-state index in [1.165, 1.54) is 24.3 Å². The Morgan fingerprint density at radius 1 is 1.20 bits per heavy atom. The maximum Gasteiger partial charge on any atom is 0.586 e. The van der Waals surface area contributed by atoms with Gasteiger partial charge in [0.2, 0.25) is 5.91 Å². The highest BCUT2D eigenvalue weighted by molar-refractivity contribution is 7.21. The number of halogens is 2. The van der Waals surface area contributed by atoms with Crippen molar-refractivity contribution in [3.63, 3.8) is 0 Å². The summed E-state index contributed by atoms with van der Waals surface area (Å²) in [6.07, 6.45) is -1.24. The van der Waals surface area contributed by atoms with Crippen molar-refractivity contribution >= 4 is 44.7 Å². The van der Waals surface area contributed by atoms with Crippen molar-refractivity contribution in [3.05, 3.63) is 64.6 Å². The first-order valence-corrected chi connectivity index (χ1v) is 13.3. The molecule has 0 bridgehead atoms. The number of likely N-dealkylation sites (tertiary alicyclic amines) is 1. The van der Waals surface area contributed by atoms with Crippen LogP contribution < -0.4 is 32.0 Å². The molecule has 0 radical (unpaired) electrons. The fourth-order valence-electron chi connectivity index (χ4n) is 5.72. The number of hydrogen-bond acceptors (Lipinski definition) is 9. The highest BCUT2D eigenvalue weighted by Gasteiger charge is 2.50. The van der Waals surface area contributed by atoms with Gasteiger partial charge in [0.05, 0.1) is 15.6 Å². The molecule has 1 fully saturated rings. The molecule has 6 rings (SSSR count). The third-order valence-corrected chi connectivity index (χ3v) is 8.87. The molecule has 2 aromatic carbocycles. The van der Waals surface area contributed by atoms with Gasteiger partial charge in [-0.2, -0.15) is 0 Å². The summed E-state index contributed by atoms with van der Waals surface area (Å²) in [7, 11) is 0. The summed E-state index contributed by atoms with van der Waals surface area (Å²) in [5.74, 6) is -1.76. The molecule has 40 heavy (non-hydrogen) atoms. The van der Waals surface area contributed by atoms with E-state index in [1.54, 1.807) is 17.0 Å². The topological polar surface area (TPSA) is 163 Å². The zero-order valence-corrected chi connectivity index (χ0v) is 21.9. The van der Waals surface area contributed by atoms with Gasteiger partial charge in [0.25, 0.3) is 5.91 Å². The van der Waals surface area contributed by atoms with Gasteiger partial charge in [-0.3, -0.25) is 14.4 Å². The van der Waals surface area contributed by atoms with Gasteiger partial charge in [0.15, 0.2) is 17.3 Å². The molecule has 1 aliphatic carbocycles. The number of alkyl halides is 2. The molecule has 3 aromatic rings. The molecule has 3 unspecified atom stereocenters. The van der Waals surface area contributed by atoms with Crippen LogP contribution in [0, 0.1) is 0 Å². The van der Waals surface area contributed by atoms with Crippen LogP contribution in [0.4, 0.5) is 14.5 Å². The molecule has 3 aliphatic rings. The Kier molecular flexibility index (Phi) is 5.87. The number of ether oxygens (including phenoxy) is 2. The van der Waals surface area contributed by atoms with Crippen LogP contribution in [0.1, 0.15) is 45.2 Å². The molecule has 1 aromatic heterocycles. The van der Waals surface area contributed by atoms with Crippen molar-refractivity contribution in [1.82, 2.24) is 10.2 Å². The van der Waals surface area contributed by atoms with Crippen LogP contribution in [0.15, 0.2) is 43.0 Å². The third-order valence-electron chi connectivity index (χ3n) is 7.62. The van der Waals surface area contributed by atoms with Gasteiger partial charge >= 0.3 is 6.29 Å². The summed E-state index contributed by atoms with van der Waals surface area (Å²) in [5.41, 5.74) is 18.9. The van der Waals surface area contributed by atoms with Crippen molar-refractivity contribution in [2.75, 3.05) is 18.8 Å². The van der Waals surface area contributed by atoms with Crippen molar-refractivity contribution in [2.24, 2.45) is 11.5 Å². The van der Waals surface area contributed by atoms with Crippen molar-refractivity contribution in [2.45, 2.75) is 36.8 Å². The predicted octanol–water partition coefficient (Wildman–Crippen LogP) is 2.50. The number of carbonyl (C=O) groups excluding carboxylic acids is 3. The van der Waals surface area contributed by atoms with Crippen molar-refractivity contribution in [1.29, 1.82) is 0 Å². The minimum absolute atomic E-state index is 0.163. The zero-order chi connectivity index (χ0) is 28.6. The molecule has 10 nitrogen and oxygen atoms in total. The van der Waals surface area contributed by atoms with E-state index < -0.39 is 29.6 Å². The van der Waals surface area contributed by atoms with Crippen LogP contribution in [-0.2, 0) is 15.1 Å². The number of thiophene rings is 1. The SMILES string of the molecule is C=CC(=O)N1CCCC(NC(=O)c2sc3c(N)ccc4c3c2C(N)C(=O)C4(N)c2ccc3c(c2)OC(F)(F)O3)C1. The Balaban J connectivity index is 1.42. The van der Waals surface area contributed by atoms with Gasteiger partial charge < -0.3 is 36.9 Å². The smallest absolute Gasteiger partial charge is 0.398 e. The summed E-state index contributed by atoms with van der Waals surface area (Å²) in [6, 6.07) is 5.42. The number of nitrogens with zero attached hydrogens (tertiary/aromatic N) is 1. The first-order valence-electron chi connectivity index (χ1n) is 12.5. The number of nitrogen functional groups attached to an aromatic ring is 1. The first kappa shape index (κ1) is 26.2. The van der Waals surface area contributed by atoms with E-state index in [0.717, 1.165) is 11.3 Å². The maximum absolute atomic E-state index is 13.9. The van der Waals surface area contributed by atoms with Gasteiger partial charge in [-0.1, -0.05) is 18.7 Å². The lowest BCUT2D eigenvalue weighted by Gasteiger charge is -2.36. The fourth-order valence-corrected chi connectivity index (χ4v) is 6.92. The van der Waals surface area contributed by atoms with E-state index in [2.05, 4.69) is 21.4 Å². The average molecular weight is 570 g/mol. The largest absolute Gasteiger partial charge is 0.586 e. The van der Waals surface area contributed by atoms with Gasteiger partial charge in [0, 0.05) is 35.8 Å². The van der Waals surface area contributed by atoms with E-state index in [1.807, 2.05) is 0 Å². The molecular weight excluding hydrogens is 544 g/mol. The lowest BCUT2D eigenvalue weighted by molar-refractivity contribution is -0.286. The van der Waals surface area contributed by atoms with Crippen molar-refractivity contribution in [3.8, 4) is 11.5 Å². The molecule has 1 saturated heterocycles. The molecule has 0 spiro atoms. The summed E-state index contributed by atoms with van der Waals surface area (Å²) >= 11 is 1.09. The number of hydrogen-bond donors (Lipinski definition) is 4. The van der Waals surface area contributed by atoms with E-state index in [4.69, 9.17) is 17.2 Å². The number of nitrogens with two attached hydrogens (primary N) is 3. The predicted molar refractivity (Wildman–Crippen MR) is 143 cm³/mol. The number of nitrogens with one attached hydrogen (secondary N) is 1. The minimum atomic E-state index is -3.85. The molecule has 0 saturated carbocycles. The minimum Gasteiger partial charge on any atom is -0.398 e. The molecule has 3 atom stereocenters. The second-order valence-corrected chi connectivity index (χ2v) is 11.1. The second-order valence-electron chi connectivity index (χ2n) is 10.0. The molecule has 13 heteroatoms.